The molecule has 5 rings (SSSR count). The number of carbonyl (C=O) groups excluding carboxylic acids is 1. The molecule has 2 aromatic carbocycles. The van der Waals surface area contributed by atoms with E-state index in [1.54, 1.807) is 41.1 Å². The van der Waals surface area contributed by atoms with E-state index >= 15 is 0 Å². The lowest BCUT2D eigenvalue weighted by Gasteiger charge is -2.26. The fraction of sp³-hybridized carbons (Fsp3) is 0.360. The van der Waals surface area contributed by atoms with E-state index in [0.717, 1.165) is 49.8 Å². The fourth-order valence-corrected chi connectivity index (χ4v) is 6.56. The van der Waals surface area contributed by atoms with Crippen LogP contribution >= 0.6 is 0 Å². The van der Waals surface area contributed by atoms with E-state index in [9.17, 15) is 17.6 Å². The Kier molecular flexibility index (Phi) is 6.22. The Morgan fingerprint density at radius 1 is 0.971 bits per heavy atom. The first-order chi connectivity index (χ1) is 16.4. The van der Waals surface area contributed by atoms with E-state index in [2.05, 4.69) is 10.4 Å². The van der Waals surface area contributed by atoms with Crippen LogP contribution in [0.2, 0.25) is 0 Å². The van der Waals surface area contributed by atoms with Crippen LogP contribution in [0, 0.1) is 5.82 Å². The molecule has 34 heavy (non-hydrogen) atoms. The lowest BCUT2D eigenvalue weighted by Crippen LogP contribution is -2.36. The van der Waals surface area contributed by atoms with E-state index in [1.165, 1.54) is 16.4 Å². The van der Waals surface area contributed by atoms with E-state index in [4.69, 9.17) is 0 Å². The number of benzene rings is 2. The second kappa shape index (κ2) is 9.31. The van der Waals surface area contributed by atoms with Crippen LogP contribution in [0.15, 0.2) is 53.4 Å². The number of carbonyl (C=O) groups is 1. The Balaban J connectivity index is 1.38. The van der Waals surface area contributed by atoms with E-state index < -0.39 is 10.0 Å². The zero-order valence-corrected chi connectivity index (χ0v) is 19.7. The SMILES string of the molecule is O=C(NCc1ccccc1S(=O)(=O)N1CCCCC1)c1nn(-c2ccc(F)cc2)c2c1CCC2. The topological polar surface area (TPSA) is 84.3 Å². The average molecular weight is 483 g/mol. The molecule has 1 amide bonds. The predicted octanol–water partition coefficient (Wildman–Crippen LogP) is 3.60. The Morgan fingerprint density at radius 3 is 2.47 bits per heavy atom. The van der Waals surface area contributed by atoms with Crippen molar-refractivity contribution in [2.24, 2.45) is 0 Å². The first kappa shape index (κ1) is 22.7. The minimum Gasteiger partial charge on any atom is -0.347 e. The predicted molar refractivity (Wildman–Crippen MR) is 126 cm³/mol. The van der Waals surface area contributed by atoms with Crippen molar-refractivity contribution >= 4 is 15.9 Å². The first-order valence-electron chi connectivity index (χ1n) is 11.7. The van der Waals surface area contributed by atoms with E-state index in [1.807, 2.05) is 0 Å². The van der Waals surface area contributed by atoms with Crippen molar-refractivity contribution in [3.8, 4) is 5.69 Å². The molecule has 0 spiro atoms. The van der Waals surface area contributed by atoms with Gasteiger partial charge in [-0.25, -0.2) is 17.5 Å². The van der Waals surface area contributed by atoms with Crippen molar-refractivity contribution in [3.63, 3.8) is 0 Å². The number of amides is 1. The summed E-state index contributed by atoms with van der Waals surface area (Å²) >= 11 is 0. The molecule has 2 heterocycles. The molecule has 7 nitrogen and oxygen atoms in total. The summed E-state index contributed by atoms with van der Waals surface area (Å²) in [6.07, 6.45) is 5.23. The molecule has 1 fully saturated rings. The van der Waals surface area contributed by atoms with Crippen LogP contribution in [0.1, 0.15) is 53.0 Å². The van der Waals surface area contributed by atoms with E-state index in [0.29, 0.717) is 30.0 Å². The summed E-state index contributed by atoms with van der Waals surface area (Å²) in [5.41, 5.74) is 3.46. The number of sulfonamides is 1. The number of nitrogens with one attached hydrogen (secondary N) is 1. The van der Waals surface area contributed by atoms with Gasteiger partial charge in [-0.1, -0.05) is 24.6 Å². The molecular formula is C25H27FN4O3S. The highest BCUT2D eigenvalue weighted by Gasteiger charge is 2.29. The molecule has 0 radical (unpaired) electrons. The molecular weight excluding hydrogens is 455 g/mol. The van der Waals surface area contributed by atoms with Gasteiger partial charge >= 0.3 is 0 Å². The number of hydrogen-bond acceptors (Lipinski definition) is 4. The Labute approximate surface area is 198 Å². The number of rotatable bonds is 6. The van der Waals surface area contributed by atoms with Crippen molar-refractivity contribution < 1.29 is 17.6 Å². The third kappa shape index (κ3) is 4.25. The number of fused-ring (bicyclic) bond motifs is 1. The Bertz CT molecular complexity index is 1310. The maximum atomic E-state index is 13.4. The summed E-state index contributed by atoms with van der Waals surface area (Å²) in [4.78, 5) is 13.4. The van der Waals surface area contributed by atoms with Crippen LogP contribution < -0.4 is 5.32 Å². The lowest BCUT2D eigenvalue weighted by atomic mass is 10.2. The number of halogens is 1. The highest BCUT2D eigenvalue weighted by Crippen LogP contribution is 2.28. The maximum absolute atomic E-state index is 13.4. The van der Waals surface area contributed by atoms with Gasteiger partial charge in [0.05, 0.1) is 10.6 Å². The third-order valence-corrected chi connectivity index (χ3v) is 8.56. The standard InChI is InChI=1S/C25H27FN4O3S/c26-19-11-13-20(14-12-19)30-22-9-6-8-21(22)24(28-30)25(31)27-17-18-7-2-3-10-23(18)34(32,33)29-15-4-1-5-16-29/h2-3,7,10-14H,1,4-6,8-9,15-17H2,(H,27,31). The third-order valence-electron chi connectivity index (χ3n) is 6.56. The van der Waals surface area contributed by atoms with Crippen molar-refractivity contribution in [1.29, 1.82) is 0 Å². The van der Waals surface area contributed by atoms with Gasteiger partial charge in [0, 0.05) is 30.9 Å². The molecule has 3 aromatic rings. The van der Waals surface area contributed by atoms with Crippen LogP contribution in [0.25, 0.3) is 5.69 Å². The summed E-state index contributed by atoms with van der Waals surface area (Å²) in [5, 5.41) is 7.42. The molecule has 1 aliphatic heterocycles. The lowest BCUT2D eigenvalue weighted by molar-refractivity contribution is 0.0944. The maximum Gasteiger partial charge on any atom is 0.272 e. The van der Waals surface area contributed by atoms with Crippen LogP contribution in [0.5, 0.6) is 0 Å². The summed E-state index contributed by atoms with van der Waals surface area (Å²) in [6.45, 7) is 1.13. The minimum absolute atomic E-state index is 0.0836. The fourth-order valence-electron chi connectivity index (χ4n) is 4.82. The quantitative estimate of drug-likeness (QED) is 0.582. The van der Waals surface area contributed by atoms with Gasteiger partial charge in [0.1, 0.15) is 5.82 Å². The van der Waals surface area contributed by atoms with Crippen LogP contribution in [-0.4, -0.2) is 41.5 Å². The van der Waals surface area contributed by atoms with Gasteiger partial charge in [-0.05, 0) is 68.0 Å². The monoisotopic (exact) mass is 482 g/mol. The van der Waals surface area contributed by atoms with Gasteiger partial charge in [0.15, 0.2) is 5.69 Å². The second-order valence-electron chi connectivity index (χ2n) is 8.77. The average Bonchev–Trinajstić information content (AvgIpc) is 3.47. The molecule has 0 unspecified atom stereocenters. The van der Waals surface area contributed by atoms with Crippen molar-refractivity contribution in [2.45, 2.75) is 50.0 Å². The molecule has 0 atom stereocenters. The molecule has 178 valence electrons. The minimum atomic E-state index is -3.62. The Hall–Kier alpha value is -3.04. The normalized spacial score (nSPS) is 16.4. The molecule has 2 aliphatic rings. The highest BCUT2D eigenvalue weighted by molar-refractivity contribution is 7.89. The number of piperidine rings is 1. The van der Waals surface area contributed by atoms with Crippen molar-refractivity contribution in [1.82, 2.24) is 19.4 Å². The zero-order valence-electron chi connectivity index (χ0n) is 18.8. The second-order valence-corrected chi connectivity index (χ2v) is 10.7. The van der Waals surface area contributed by atoms with Crippen molar-refractivity contribution in [2.75, 3.05) is 13.1 Å². The zero-order chi connectivity index (χ0) is 23.7. The summed E-state index contributed by atoms with van der Waals surface area (Å²) in [7, 11) is -3.62. The van der Waals surface area contributed by atoms with Crippen LogP contribution in [0.4, 0.5) is 4.39 Å². The number of hydrogen-bond donors (Lipinski definition) is 1. The van der Waals surface area contributed by atoms with E-state index in [-0.39, 0.29) is 23.2 Å². The summed E-state index contributed by atoms with van der Waals surface area (Å²) in [6, 6.07) is 12.9. The molecule has 1 aromatic heterocycles. The van der Waals surface area contributed by atoms with Crippen LogP contribution in [0.3, 0.4) is 0 Å². The first-order valence-corrected chi connectivity index (χ1v) is 13.1. The van der Waals surface area contributed by atoms with Gasteiger partial charge in [-0.2, -0.15) is 9.40 Å². The number of nitrogens with zero attached hydrogens (tertiary/aromatic N) is 3. The highest BCUT2D eigenvalue weighted by atomic mass is 32.2. The molecule has 1 saturated heterocycles. The molecule has 0 bridgehead atoms. The molecule has 0 saturated carbocycles. The summed E-state index contributed by atoms with van der Waals surface area (Å²) in [5.74, 6) is -0.673. The molecule has 1 N–H and O–H groups in total. The van der Waals surface area contributed by atoms with Gasteiger partial charge < -0.3 is 5.32 Å². The van der Waals surface area contributed by atoms with Gasteiger partial charge in [0.25, 0.3) is 5.91 Å². The smallest absolute Gasteiger partial charge is 0.272 e. The van der Waals surface area contributed by atoms with Gasteiger partial charge in [0.2, 0.25) is 10.0 Å². The Morgan fingerprint density at radius 2 is 1.71 bits per heavy atom. The largest absolute Gasteiger partial charge is 0.347 e. The van der Waals surface area contributed by atoms with Crippen molar-refractivity contribution in [3.05, 3.63) is 76.9 Å². The number of aromatic nitrogens is 2. The van der Waals surface area contributed by atoms with Crippen LogP contribution in [-0.2, 0) is 29.4 Å². The van der Waals surface area contributed by atoms with Gasteiger partial charge in [-0.3, -0.25) is 4.79 Å². The molecule has 9 heteroatoms. The molecule has 1 aliphatic carbocycles. The summed E-state index contributed by atoms with van der Waals surface area (Å²) < 4.78 is 43.1. The van der Waals surface area contributed by atoms with Gasteiger partial charge in [-0.15, -0.1) is 0 Å².